The van der Waals surface area contributed by atoms with Gasteiger partial charge >= 0.3 is 0 Å². The van der Waals surface area contributed by atoms with Gasteiger partial charge in [-0.05, 0) is 29.8 Å². The molecule has 1 saturated heterocycles. The van der Waals surface area contributed by atoms with Crippen LogP contribution in [0.4, 0.5) is 0 Å². The summed E-state index contributed by atoms with van der Waals surface area (Å²) < 4.78 is 16.5. The quantitative estimate of drug-likeness (QED) is 0.303. The molecule has 0 aliphatic carbocycles. The molecule has 4 rings (SSSR count). The van der Waals surface area contributed by atoms with Gasteiger partial charge in [-0.25, -0.2) is 0 Å². The Balaban J connectivity index is 1.61. The first-order chi connectivity index (χ1) is 15.2. The first kappa shape index (κ1) is 22.1. The van der Waals surface area contributed by atoms with E-state index in [1.807, 2.05) is 0 Å². The van der Waals surface area contributed by atoms with E-state index in [2.05, 4.69) is 0 Å². The lowest BCUT2D eigenvalue weighted by Crippen LogP contribution is -2.60. The van der Waals surface area contributed by atoms with Crippen LogP contribution in [-0.4, -0.2) is 78.8 Å². The fourth-order valence-electron chi connectivity index (χ4n) is 3.67. The SMILES string of the molecule is O=C1CC(c2ccc(O)c(O)c2)Oc2c1ccc(O[C@H]1O[C@H](CO)[C@@H](O)[C@H](O)[C@H]1O)c2O. The largest absolute Gasteiger partial charge is 0.504 e. The van der Waals surface area contributed by atoms with E-state index in [1.165, 1.54) is 30.3 Å². The molecule has 0 aromatic heterocycles. The third kappa shape index (κ3) is 3.80. The van der Waals surface area contributed by atoms with Gasteiger partial charge in [0.25, 0.3) is 0 Å². The second-order valence-electron chi connectivity index (χ2n) is 7.59. The number of aliphatic hydroxyl groups is 4. The number of fused-ring (bicyclic) bond motifs is 1. The van der Waals surface area contributed by atoms with E-state index in [-0.39, 0.29) is 35.0 Å². The van der Waals surface area contributed by atoms with Gasteiger partial charge < -0.3 is 50.0 Å². The molecular weight excluding hydrogens is 428 g/mol. The van der Waals surface area contributed by atoms with Gasteiger partial charge in [0.1, 0.15) is 30.5 Å². The maximum absolute atomic E-state index is 12.6. The molecule has 11 heteroatoms. The van der Waals surface area contributed by atoms with Crippen LogP contribution in [0.2, 0.25) is 0 Å². The van der Waals surface area contributed by atoms with E-state index in [1.54, 1.807) is 0 Å². The summed E-state index contributed by atoms with van der Waals surface area (Å²) >= 11 is 0. The first-order valence-electron chi connectivity index (χ1n) is 9.76. The van der Waals surface area contributed by atoms with Crippen LogP contribution < -0.4 is 9.47 Å². The molecule has 0 spiro atoms. The number of phenols is 3. The number of ketones is 1. The number of hydrogen-bond acceptors (Lipinski definition) is 11. The Morgan fingerprint density at radius 3 is 2.41 bits per heavy atom. The van der Waals surface area contributed by atoms with Crippen LogP contribution in [0.15, 0.2) is 30.3 Å². The van der Waals surface area contributed by atoms with Crippen LogP contribution in [0.1, 0.15) is 28.4 Å². The average Bonchev–Trinajstić information content (AvgIpc) is 2.77. The Morgan fingerprint density at radius 1 is 0.969 bits per heavy atom. The number of rotatable bonds is 4. The molecule has 0 saturated carbocycles. The summed E-state index contributed by atoms with van der Waals surface area (Å²) in [6.07, 6.45) is -8.64. The summed E-state index contributed by atoms with van der Waals surface area (Å²) in [5.74, 6) is -2.09. The molecule has 2 aliphatic heterocycles. The molecule has 0 radical (unpaired) electrons. The molecular formula is C21H22O11. The number of aliphatic hydroxyl groups excluding tert-OH is 4. The lowest BCUT2D eigenvalue weighted by atomic mass is 9.95. The summed E-state index contributed by atoms with van der Waals surface area (Å²) in [5.41, 5.74) is 0.474. The number of hydrogen-bond donors (Lipinski definition) is 7. The van der Waals surface area contributed by atoms with Crippen molar-refractivity contribution in [3.63, 3.8) is 0 Å². The van der Waals surface area contributed by atoms with Crippen molar-refractivity contribution < 1.29 is 54.8 Å². The number of benzene rings is 2. The van der Waals surface area contributed by atoms with Crippen LogP contribution in [0.5, 0.6) is 28.7 Å². The normalized spacial score (nSPS) is 29.8. The Hall–Kier alpha value is -3.09. The van der Waals surface area contributed by atoms with Gasteiger partial charge in [0.2, 0.25) is 12.0 Å². The van der Waals surface area contributed by atoms with Crippen molar-refractivity contribution in [3.05, 3.63) is 41.5 Å². The van der Waals surface area contributed by atoms with Crippen molar-refractivity contribution in [2.24, 2.45) is 0 Å². The van der Waals surface area contributed by atoms with E-state index in [0.717, 1.165) is 0 Å². The number of ether oxygens (including phenoxy) is 3. The molecule has 2 aliphatic rings. The maximum atomic E-state index is 12.6. The summed E-state index contributed by atoms with van der Waals surface area (Å²) in [7, 11) is 0. The molecule has 2 heterocycles. The summed E-state index contributed by atoms with van der Waals surface area (Å²) in [6, 6.07) is 6.55. The smallest absolute Gasteiger partial charge is 0.229 e. The fraction of sp³-hybridized carbons (Fsp3) is 0.381. The fourth-order valence-corrected chi connectivity index (χ4v) is 3.67. The lowest BCUT2D eigenvalue weighted by molar-refractivity contribution is -0.277. The topological polar surface area (TPSA) is 186 Å². The molecule has 7 N–H and O–H groups in total. The van der Waals surface area contributed by atoms with Gasteiger partial charge in [-0.1, -0.05) is 6.07 Å². The number of carbonyl (C=O) groups excluding carboxylic acids is 1. The predicted octanol–water partition coefficient (Wildman–Crippen LogP) is -0.311. The van der Waals surface area contributed by atoms with Crippen LogP contribution in [0.3, 0.4) is 0 Å². The standard InChI is InChI=1S/C21H22O11/c22-7-15-16(26)18(28)19(29)21(32-15)31-13-4-2-9-11(24)6-14(30-20(9)17(13)27)8-1-3-10(23)12(25)5-8/h1-5,14-16,18-19,21-23,25-29H,6-7H2/t14?,15-,16-,18+,19-,21+/m1/s1. The number of aromatic hydroxyl groups is 3. The van der Waals surface area contributed by atoms with E-state index >= 15 is 0 Å². The van der Waals surface area contributed by atoms with Gasteiger partial charge in [-0.15, -0.1) is 0 Å². The molecule has 6 atom stereocenters. The molecule has 1 fully saturated rings. The van der Waals surface area contributed by atoms with E-state index in [0.29, 0.717) is 5.56 Å². The second kappa shape index (κ2) is 8.45. The van der Waals surface area contributed by atoms with Crippen molar-refractivity contribution in [2.45, 2.75) is 43.2 Å². The molecule has 32 heavy (non-hydrogen) atoms. The van der Waals surface area contributed by atoms with Crippen molar-refractivity contribution in [2.75, 3.05) is 6.61 Å². The average molecular weight is 450 g/mol. The highest BCUT2D eigenvalue weighted by Gasteiger charge is 2.45. The van der Waals surface area contributed by atoms with E-state index in [4.69, 9.17) is 14.2 Å². The molecule has 172 valence electrons. The van der Waals surface area contributed by atoms with Gasteiger partial charge in [0, 0.05) is 0 Å². The minimum absolute atomic E-state index is 0.0798. The van der Waals surface area contributed by atoms with Crippen LogP contribution in [0, 0.1) is 0 Å². The van der Waals surface area contributed by atoms with Crippen molar-refractivity contribution in [1.29, 1.82) is 0 Å². The number of phenolic OH excluding ortho intramolecular Hbond substituents is 3. The number of Topliss-reactive ketones (excluding diaryl/α,β-unsaturated/α-hetero) is 1. The molecule has 1 unspecified atom stereocenters. The zero-order valence-electron chi connectivity index (χ0n) is 16.5. The van der Waals surface area contributed by atoms with Crippen molar-refractivity contribution >= 4 is 5.78 Å². The molecule has 11 nitrogen and oxygen atoms in total. The second-order valence-corrected chi connectivity index (χ2v) is 7.59. The maximum Gasteiger partial charge on any atom is 0.229 e. The Labute approximate surface area is 181 Å². The van der Waals surface area contributed by atoms with Crippen LogP contribution >= 0.6 is 0 Å². The highest BCUT2D eigenvalue weighted by Crippen LogP contribution is 2.46. The van der Waals surface area contributed by atoms with Crippen LogP contribution in [-0.2, 0) is 4.74 Å². The third-order valence-electron chi connectivity index (χ3n) is 5.49. The molecule has 0 amide bonds. The summed E-state index contributed by atoms with van der Waals surface area (Å²) in [5, 5.41) is 69.1. The minimum Gasteiger partial charge on any atom is -0.504 e. The summed E-state index contributed by atoms with van der Waals surface area (Å²) in [6.45, 7) is -0.653. The van der Waals surface area contributed by atoms with E-state index in [9.17, 15) is 40.5 Å². The highest BCUT2D eigenvalue weighted by molar-refractivity contribution is 6.01. The van der Waals surface area contributed by atoms with Crippen LogP contribution in [0.25, 0.3) is 0 Å². The van der Waals surface area contributed by atoms with E-state index < -0.39 is 54.9 Å². The number of carbonyl (C=O) groups is 1. The Kier molecular flexibility index (Phi) is 5.84. The van der Waals surface area contributed by atoms with Gasteiger partial charge in [-0.3, -0.25) is 4.79 Å². The van der Waals surface area contributed by atoms with Gasteiger partial charge in [0.15, 0.2) is 28.8 Å². The van der Waals surface area contributed by atoms with Crippen molar-refractivity contribution in [3.8, 4) is 28.7 Å². The highest BCUT2D eigenvalue weighted by atomic mass is 16.7. The van der Waals surface area contributed by atoms with Gasteiger partial charge in [-0.2, -0.15) is 0 Å². The molecule has 2 aromatic carbocycles. The summed E-state index contributed by atoms with van der Waals surface area (Å²) in [4.78, 5) is 12.6. The monoisotopic (exact) mass is 450 g/mol. The first-order valence-corrected chi connectivity index (χ1v) is 9.76. The van der Waals surface area contributed by atoms with Crippen molar-refractivity contribution in [1.82, 2.24) is 0 Å². The Bertz CT molecular complexity index is 1020. The zero-order valence-corrected chi connectivity index (χ0v) is 16.5. The Morgan fingerprint density at radius 2 is 1.72 bits per heavy atom. The lowest BCUT2D eigenvalue weighted by Gasteiger charge is -2.39. The minimum atomic E-state index is -1.70. The van der Waals surface area contributed by atoms with Gasteiger partial charge in [0.05, 0.1) is 18.6 Å². The molecule has 0 bridgehead atoms. The third-order valence-corrected chi connectivity index (χ3v) is 5.49. The molecule has 2 aromatic rings. The zero-order chi connectivity index (χ0) is 23.2. The predicted molar refractivity (Wildman–Crippen MR) is 105 cm³/mol.